The third-order valence-electron chi connectivity index (χ3n) is 2.81. The Bertz CT molecular complexity index is 720. The van der Waals surface area contributed by atoms with E-state index in [2.05, 4.69) is 15.4 Å². The third kappa shape index (κ3) is 2.69. The van der Waals surface area contributed by atoms with Crippen LogP contribution in [0, 0.1) is 6.92 Å². The van der Waals surface area contributed by atoms with Gasteiger partial charge in [-0.05, 0) is 25.1 Å². The summed E-state index contributed by atoms with van der Waals surface area (Å²) in [6.07, 6.45) is 3.83. The number of hydrogen-bond acceptors (Lipinski definition) is 3. The Morgan fingerprint density at radius 3 is 3.05 bits per heavy atom. The van der Waals surface area contributed by atoms with Crippen LogP contribution in [0.15, 0.2) is 42.7 Å². The van der Waals surface area contributed by atoms with Gasteiger partial charge in [-0.1, -0.05) is 17.7 Å². The number of rotatable bonds is 3. The van der Waals surface area contributed by atoms with Crippen molar-refractivity contribution in [2.45, 2.75) is 13.5 Å². The first kappa shape index (κ1) is 12.0. The van der Waals surface area contributed by atoms with Gasteiger partial charge in [0, 0.05) is 41.3 Å². The van der Waals surface area contributed by atoms with E-state index in [1.807, 2.05) is 49.6 Å². The number of benzene rings is 1. The number of fused-ring (bicyclic) bond motifs is 1. The lowest BCUT2D eigenvalue weighted by molar-refractivity contribution is 0.895. The molecule has 0 aliphatic carbocycles. The molecular formula is C14H13ClN4. The minimum absolute atomic E-state index is 0.683. The quantitative estimate of drug-likeness (QED) is 0.795. The topological polar surface area (TPSA) is 42.2 Å². The van der Waals surface area contributed by atoms with Gasteiger partial charge in [0.15, 0.2) is 5.65 Å². The number of aryl methyl sites for hydroxylation is 1. The lowest BCUT2D eigenvalue weighted by Gasteiger charge is -2.06. The van der Waals surface area contributed by atoms with Crippen LogP contribution in [0.25, 0.3) is 5.65 Å². The first-order valence-corrected chi connectivity index (χ1v) is 6.39. The van der Waals surface area contributed by atoms with Crippen molar-refractivity contribution in [1.82, 2.24) is 14.6 Å². The van der Waals surface area contributed by atoms with Crippen LogP contribution in [-0.2, 0) is 6.54 Å². The fourth-order valence-electron chi connectivity index (χ4n) is 1.93. The maximum atomic E-state index is 5.94. The number of hydrogen-bond donors (Lipinski definition) is 1. The standard InChI is InChI=1S/C14H13ClN4/c1-10-5-14-17-8-11(9-19(14)18-10)7-16-13-4-2-3-12(15)6-13/h2-6,8-9,16H,7H2,1H3. The van der Waals surface area contributed by atoms with Crippen molar-refractivity contribution >= 4 is 22.9 Å². The highest BCUT2D eigenvalue weighted by Crippen LogP contribution is 2.15. The zero-order chi connectivity index (χ0) is 13.2. The van der Waals surface area contributed by atoms with Gasteiger partial charge in [-0.3, -0.25) is 0 Å². The van der Waals surface area contributed by atoms with Crippen LogP contribution in [0.3, 0.4) is 0 Å². The Morgan fingerprint density at radius 1 is 1.32 bits per heavy atom. The molecule has 19 heavy (non-hydrogen) atoms. The van der Waals surface area contributed by atoms with Gasteiger partial charge in [0.05, 0.1) is 5.69 Å². The molecule has 4 nitrogen and oxygen atoms in total. The first-order chi connectivity index (χ1) is 9.20. The fraction of sp³-hybridized carbons (Fsp3) is 0.143. The summed E-state index contributed by atoms with van der Waals surface area (Å²) < 4.78 is 1.80. The van der Waals surface area contributed by atoms with Gasteiger partial charge in [-0.15, -0.1) is 0 Å². The highest BCUT2D eigenvalue weighted by Gasteiger charge is 2.01. The smallest absolute Gasteiger partial charge is 0.155 e. The molecule has 0 saturated carbocycles. The van der Waals surface area contributed by atoms with Crippen LogP contribution in [0.2, 0.25) is 5.02 Å². The highest BCUT2D eigenvalue weighted by molar-refractivity contribution is 6.30. The molecule has 0 atom stereocenters. The van der Waals surface area contributed by atoms with Gasteiger partial charge in [-0.2, -0.15) is 5.10 Å². The molecule has 3 rings (SSSR count). The molecule has 0 spiro atoms. The molecule has 0 radical (unpaired) electrons. The van der Waals surface area contributed by atoms with Crippen molar-refractivity contribution < 1.29 is 0 Å². The van der Waals surface area contributed by atoms with E-state index in [4.69, 9.17) is 11.6 Å². The maximum absolute atomic E-state index is 5.94. The van der Waals surface area contributed by atoms with Crippen LogP contribution >= 0.6 is 11.6 Å². The van der Waals surface area contributed by atoms with Crippen molar-refractivity contribution in [3.63, 3.8) is 0 Å². The van der Waals surface area contributed by atoms with Crippen molar-refractivity contribution in [3.8, 4) is 0 Å². The van der Waals surface area contributed by atoms with Gasteiger partial charge in [0.2, 0.25) is 0 Å². The lowest BCUT2D eigenvalue weighted by Crippen LogP contribution is -2.02. The van der Waals surface area contributed by atoms with Crippen LogP contribution in [-0.4, -0.2) is 14.6 Å². The normalized spacial score (nSPS) is 10.8. The summed E-state index contributed by atoms with van der Waals surface area (Å²) in [5, 5.41) is 8.38. The summed E-state index contributed by atoms with van der Waals surface area (Å²) in [5.74, 6) is 0. The van der Waals surface area contributed by atoms with Crippen molar-refractivity contribution in [1.29, 1.82) is 0 Å². The maximum Gasteiger partial charge on any atom is 0.155 e. The summed E-state index contributed by atoms with van der Waals surface area (Å²) in [6, 6.07) is 9.60. The summed E-state index contributed by atoms with van der Waals surface area (Å²) >= 11 is 5.94. The van der Waals surface area contributed by atoms with Crippen molar-refractivity contribution in [3.05, 3.63) is 59.0 Å². The second-order valence-corrected chi connectivity index (χ2v) is 4.85. The van der Waals surface area contributed by atoms with Gasteiger partial charge < -0.3 is 5.32 Å². The van der Waals surface area contributed by atoms with Crippen LogP contribution < -0.4 is 5.32 Å². The second kappa shape index (κ2) is 4.90. The summed E-state index contributed by atoms with van der Waals surface area (Å²) in [7, 11) is 0. The molecule has 0 amide bonds. The molecule has 2 heterocycles. The first-order valence-electron chi connectivity index (χ1n) is 6.01. The molecule has 96 valence electrons. The number of nitrogens with zero attached hydrogens (tertiary/aromatic N) is 3. The molecule has 2 aromatic heterocycles. The Morgan fingerprint density at radius 2 is 2.21 bits per heavy atom. The molecule has 0 bridgehead atoms. The Labute approximate surface area is 116 Å². The molecule has 3 aromatic rings. The largest absolute Gasteiger partial charge is 0.381 e. The average molecular weight is 273 g/mol. The molecule has 1 aromatic carbocycles. The summed E-state index contributed by atoms with van der Waals surface area (Å²) in [4.78, 5) is 4.37. The van der Waals surface area contributed by atoms with E-state index in [-0.39, 0.29) is 0 Å². The van der Waals surface area contributed by atoms with Crippen LogP contribution in [0.4, 0.5) is 5.69 Å². The van der Waals surface area contributed by atoms with Crippen molar-refractivity contribution in [2.24, 2.45) is 0 Å². The minimum atomic E-state index is 0.683. The molecule has 0 aliphatic heterocycles. The number of anilines is 1. The van der Waals surface area contributed by atoms with E-state index in [1.54, 1.807) is 4.52 Å². The monoisotopic (exact) mass is 272 g/mol. The zero-order valence-corrected chi connectivity index (χ0v) is 11.2. The fourth-order valence-corrected chi connectivity index (χ4v) is 2.12. The van der Waals surface area contributed by atoms with Crippen LogP contribution in [0.5, 0.6) is 0 Å². The van der Waals surface area contributed by atoms with E-state index in [9.17, 15) is 0 Å². The van der Waals surface area contributed by atoms with E-state index < -0.39 is 0 Å². The number of halogens is 1. The highest BCUT2D eigenvalue weighted by atomic mass is 35.5. The Hall–Kier alpha value is -2.07. The third-order valence-corrected chi connectivity index (χ3v) is 3.05. The number of nitrogens with one attached hydrogen (secondary N) is 1. The zero-order valence-electron chi connectivity index (χ0n) is 10.5. The molecule has 5 heteroatoms. The van der Waals surface area contributed by atoms with E-state index in [0.717, 1.165) is 27.6 Å². The van der Waals surface area contributed by atoms with Gasteiger partial charge >= 0.3 is 0 Å². The van der Waals surface area contributed by atoms with Crippen LogP contribution in [0.1, 0.15) is 11.3 Å². The van der Waals surface area contributed by atoms with E-state index in [0.29, 0.717) is 6.54 Å². The Balaban J connectivity index is 1.78. The lowest BCUT2D eigenvalue weighted by atomic mass is 10.3. The van der Waals surface area contributed by atoms with Gasteiger partial charge in [0.1, 0.15) is 0 Å². The number of aromatic nitrogens is 3. The van der Waals surface area contributed by atoms with Crippen molar-refractivity contribution in [2.75, 3.05) is 5.32 Å². The van der Waals surface area contributed by atoms with E-state index in [1.165, 1.54) is 0 Å². The average Bonchev–Trinajstić information content (AvgIpc) is 2.75. The molecule has 0 fully saturated rings. The SMILES string of the molecule is Cc1cc2ncc(CNc3cccc(Cl)c3)cn2n1. The van der Waals surface area contributed by atoms with Gasteiger partial charge in [0.25, 0.3) is 0 Å². The predicted octanol–water partition coefficient (Wildman–Crippen LogP) is 3.30. The Kier molecular flexibility index (Phi) is 3.09. The van der Waals surface area contributed by atoms with E-state index >= 15 is 0 Å². The molecule has 0 saturated heterocycles. The summed E-state index contributed by atoms with van der Waals surface area (Å²) in [6.45, 7) is 2.64. The summed E-state index contributed by atoms with van der Waals surface area (Å²) in [5.41, 5.74) is 3.89. The second-order valence-electron chi connectivity index (χ2n) is 4.41. The molecule has 0 aliphatic rings. The molecule has 1 N–H and O–H groups in total. The molecule has 0 unspecified atom stereocenters. The predicted molar refractivity (Wildman–Crippen MR) is 76.5 cm³/mol. The minimum Gasteiger partial charge on any atom is -0.381 e. The van der Waals surface area contributed by atoms with Gasteiger partial charge in [-0.25, -0.2) is 9.50 Å². The molecular weight excluding hydrogens is 260 g/mol.